The summed E-state index contributed by atoms with van der Waals surface area (Å²) in [5.74, 6) is 1.18. The van der Waals surface area contributed by atoms with Crippen LogP contribution in [-0.4, -0.2) is 28.0 Å². The van der Waals surface area contributed by atoms with Crippen LogP contribution in [0.1, 0.15) is 15.9 Å². The van der Waals surface area contributed by atoms with E-state index in [1.807, 2.05) is 24.3 Å². The third-order valence-electron chi connectivity index (χ3n) is 3.72. The number of nitrogens with zero attached hydrogens (tertiary/aromatic N) is 3. The molecule has 0 bridgehead atoms. The highest BCUT2D eigenvalue weighted by Crippen LogP contribution is 2.22. The van der Waals surface area contributed by atoms with Crippen molar-refractivity contribution in [1.29, 1.82) is 0 Å². The number of carbonyl (C=O) groups excluding carboxylic acids is 1. The summed E-state index contributed by atoms with van der Waals surface area (Å²) in [5, 5.41) is 3.15. The zero-order valence-electron chi connectivity index (χ0n) is 14.6. The lowest BCUT2D eigenvalue weighted by molar-refractivity contribution is 0.0962. The van der Waals surface area contributed by atoms with Crippen molar-refractivity contribution in [1.82, 2.24) is 20.4 Å². The molecule has 0 unspecified atom stereocenters. The van der Waals surface area contributed by atoms with Gasteiger partial charge < -0.3 is 15.8 Å². The molecule has 0 spiro atoms. The molecule has 0 saturated carbocycles. The number of rotatable bonds is 7. The fraction of sp³-hybridized carbons (Fsp3) is 0.111. The van der Waals surface area contributed by atoms with Crippen LogP contribution in [0, 0.1) is 0 Å². The summed E-state index contributed by atoms with van der Waals surface area (Å²) in [4.78, 5) is 24.1. The van der Waals surface area contributed by atoms with Crippen molar-refractivity contribution in [2.75, 3.05) is 23.6 Å². The largest absolute Gasteiger partial charge is 0.497 e. The molecule has 0 atom stereocenters. The van der Waals surface area contributed by atoms with Gasteiger partial charge >= 0.3 is 0 Å². The minimum Gasteiger partial charge on any atom is -0.497 e. The first-order chi connectivity index (χ1) is 13.2. The van der Waals surface area contributed by atoms with Crippen molar-refractivity contribution < 1.29 is 9.53 Å². The minimum atomic E-state index is -0.353. The van der Waals surface area contributed by atoms with E-state index in [2.05, 4.69) is 31.1 Å². The molecule has 1 aromatic carbocycles. The van der Waals surface area contributed by atoms with Gasteiger partial charge in [-0.15, -0.1) is 0 Å². The van der Waals surface area contributed by atoms with Gasteiger partial charge in [0, 0.05) is 18.9 Å². The van der Waals surface area contributed by atoms with E-state index in [-0.39, 0.29) is 11.6 Å². The first-order valence-corrected chi connectivity index (χ1v) is 8.11. The van der Waals surface area contributed by atoms with Crippen molar-refractivity contribution in [2.24, 2.45) is 0 Å². The first-order valence-electron chi connectivity index (χ1n) is 8.11. The molecule has 2 aromatic heterocycles. The SMILES string of the molecule is COc1ccc(CNc2ncnc(NNC(=O)c3cccnc3)c2N)cc1. The standard InChI is InChI=1S/C18H19N7O2/c1-27-14-6-4-12(5-7-14)9-21-16-15(19)17(23-11-22-16)24-25-18(26)13-3-2-8-20-10-13/h2-8,10-11H,9,19H2,1H3,(H,25,26)(H2,21,22,23,24). The Morgan fingerprint density at radius 2 is 1.93 bits per heavy atom. The molecule has 2 heterocycles. The minimum absolute atomic E-state index is 0.289. The molecule has 9 nitrogen and oxygen atoms in total. The second-order valence-corrected chi connectivity index (χ2v) is 5.51. The van der Waals surface area contributed by atoms with Crippen LogP contribution in [0.25, 0.3) is 0 Å². The Bertz CT molecular complexity index is 901. The molecule has 0 radical (unpaired) electrons. The Morgan fingerprint density at radius 3 is 2.63 bits per heavy atom. The van der Waals surface area contributed by atoms with Gasteiger partial charge in [0.2, 0.25) is 0 Å². The number of nitrogen functional groups attached to an aromatic ring is 1. The van der Waals surface area contributed by atoms with Gasteiger partial charge in [0.15, 0.2) is 11.6 Å². The molecule has 0 aliphatic heterocycles. The lowest BCUT2D eigenvalue weighted by Crippen LogP contribution is -2.30. The van der Waals surface area contributed by atoms with Crippen molar-refractivity contribution in [3.8, 4) is 5.75 Å². The number of nitrogens with two attached hydrogens (primary N) is 1. The number of hydrogen-bond donors (Lipinski definition) is 4. The number of methoxy groups -OCH3 is 1. The summed E-state index contributed by atoms with van der Waals surface area (Å²) in [6, 6.07) is 11.0. The predicted octanol–water partition coefficient (Wildman–Crippen LogP) is 1.83. The average Bonchev–Trinajstić information content (AvgIpc) is 2.73. The van der Waals surface area contributed by atoms with E-state index in [0.717, 1.165) is 11.3 Å². The molecule has 9 heteroatoms. The van der Waals surface area contributed by atoms with E-state index < -0.39 is 0 Å². The number of benzene rings is 1. The fourth-order valence-electron chi connectivity index (χ4n) is 2.25. The Labute approximate surface area is 156 Å². The normalized spacial score (nSPS) is 10.1. The lowest BCUT2D eigenvalue weighted by atomic mass is 10.2. The predicted molar refractivity (Wildman–Crippen MR) is 102 cm³/mol. The van der Waals surface area contributed by atoms with E-state index >= 15 is 0 Å². The van der Waals surface area contributed by atoms with Crippen molar-refractivity contribution in [3.05, 3.63) is 66.2 Å². The monoisotopic (exact) mass is 365 g/mol. The molecule has 0 saturated heterocycles. The molecule has 27 heavy (non-hydrogen) atoms. The molecule has 3 aromatic rings. The third-order valence-corrected chi connectivity index (χ3v) is 3.72. The summed E-state index contributed by atoms with van der Waals surface area (Å²) in [7, 11) is 1.62. The van der Waals surface area contributed by atoms with Crippen LogP contribution in [0.3, 0.4) is 0 Å². The van der Waals surface area contributed by atoms with Gasteiger partial charge in [-0.05, 0) is 29.8 Å². The number of ether oxygens (including phenoxy) is 1. The Balaban J connectivity index is 1.62. The topological polar surface area (TPSA) is 127 Å². The van der Waals surface area contributed by atoms with Crippen molar-refractivity contribution >= 4 is 23.2 Å². The Morgan fingerprint density at radius 1 is 1.15 bits per heavy atom. The molecule has 1 amide bonds. The van der Waals surface area contributed by atoms with Gasteiger partial charge in [0.25, 0.3) is 5.91 Å². The zero-order valence-corrected chi connectivity index (χ0v) is 14.6. The quantitative estimate of drug-likeness (QED) is 0.467. The number of anilines is 3. The summed E-state index contributed by atoms with van der Waals surface area (Å²) in [6.07, 6.45) is 4.40. The number of carbonyl (C=O) groups is 1. The molecule has 0 fully saturated rings. The third kappa shape index (κ3) is 4.60. The molecular weight excluding hydrogens is 346 g/mol. The van der Waals surface area contributed by atoms with E-state index in [4.69, 9.17) is 10.5 Å². The second kappa shape index (κ2) is 8.48. The van der Waals surface area contributed by atoms with E-state index in [9.17, 15) is 4.79 Å². The van der Waals surface area contributed by atoms with Crippen LogP contribution < -0.4 is 26.6 Å². The molecule has 138 valence electrons. The second-order valence-electron chi connectivity index (χ2n) is 5.51. The maximum absolute atomic E-state index is 12.1. The van der Waals surface area contributed by atoms with Crippen LogP contribution >= 0.6 is 0 Å². The molecule has 0 aliphatic carbocycles. The molecular formula is C18H19N7O2. The van der Waals surface area contributed by atoms with Crippen LogP contribution in [0.15, 0.2) is 55.1 Å². The Hall–Kier alpha value is -3.88. The van der Waals surface area contributed by atoms with Crippen LogP contribution in [-0.2, 0) is 6.54 Å². The van der Waals surface area contributed by atoms with Crippen LogP contribution in [0.4, 0.5) is 17.3 Å². The number of amides is 1. The van der Waals surface area contributed by atoms with Gasteiger partial charge in [-0.3, -0.25) is 20.6 Å². The van der Waals surface area contributed by atoms with Crippen molar-refractivity contribution in [3.63, 3.8) is 0 Å². The van der Waals surface area contributed by atoms with E-state index in [1.54, 1.807) is 25.4 Å². The summed E-state index contributed by atoms with van der Waals surface area (Å²) < 4.78 is 5.14. The zero-order chi connectivity index (χ0) is 19.1. The maximum Gasteiger partial charge on any atom is 0.271 e. The fourth-order valence-corrected chi connectivity index (χ4v) is 2.25. The summed E-state index contributed by atoms with van der Waals surface area (Å²) in [5.41, 5.74) is 13.1. The Kier molecular flexibility index (Phi) is 5.63. The van der Waals surface area contributed by atoms with Crippen LogP contribution in [0.5, 0.6) is 5.75 Å². The molecule has 0 aliphatic rings. The van der Waals surface area contributed by atoms with Gasteiger partial charge in [0.05, 0.1) is 12.7 Å². The van der Waals surface area contributed by atoms with Gasteiger partial charge in [-0.2, -0.15) is 0 Å². The van der Waals surface area contributed by atoms with Gasteiger partial charge in [-0.1, -0.05) is 12.1 Å². The smallest absolute Gasteiger partial charge is 0.271 e. The van der Waals surface area contributed by atoms with Crippen LogP contribution in [0.2, 0.25) is 0 Å². The highest BCUT2D eigenvalue weighted by atomic mass is 16.5. The van der Waals surface area contributed by atoms with Gasteiger partial charge in [0.1, 0.15) is 17.8 Å². The number of hydrogen-bond acceptors (Lipinski definition) is 8. The average molecular weight is 365 g/mol. The number of pyridine rings is 1. The number of nitrogens with one attached hydrogen (secondary N) is 3. The summed E-state index contributed by atoms with van der Waals surface area (Å²) in [6.45, 7) is 0.521. The number of hydrazine groups is 1. The van der Waals surface area contributed by atoms with E-state index in [1.165, 1.54) is 12.5 Å². The lowest BCUT2D eigenvalue weighted by Gasteiger charge is -2.13. The molecule has 3 rings (SSSR count). The highest BCUT2D eigenvalue weighted by molar-refractivity contribution is 5.94. The number of aromatic nitrogens is 3. The first kappa shape index (κ1) is 17.9. The highest BCUT2D eigenvalue weighted by Gasteiger charge is 2.10. The maximum atomic E-state index is 12.1. The molecule has 5 N–H and O–H groups in total. The van der Waals surface area contributed by atoms with Crippen molar-refractivity contribution in [2.45, 2.75) is 6.54 Å². The van der Waals surface area contributed by atoms with Gasteiger partial charge in [-0.25, -0.2) is 9.97 Å². The van der Waals surface area contributed by atoms with E-state index in [0.29, 0.717) is 23.7 Å². The summed E-state index contributed by atoms with van der Waals surface area (Å²) >= 11 is 0.